The Labute approximate surface area is 126 Å². The van der Waals surface area contributed by atoms with Gasteiger partial charge in [0, 0.05) is 11.8 Å². The third-order valence-corrected chi connectivity index (χ3v) is 2.99. The number of nitro groups is 1. The van der Waals surface area contributed by atoms with E-state index in [9.17, 15) is 14.9 Å². The standard InChI is InChI=1S/C15H14N2O5/c1-21-11-5-3-10(4-6-11)16-15(18)13-9-12(22-2)7-8-14(13)17(19)20/h3-9H,1-2H3,(H,16,18). The molecule has 0 saturated heterocycles. The van der Waals surface area contributed by atoms with Crippen molar-refractivity contribution in [2.75, 3.05) is 19.5 Å². The second kappa shape index (κ2) is 6.57. The molecular formula is C15H14N2O5. The van der Waals surface area contributed by atoms with Gasteiger partial charge in [-0.05, 0) is 36.4 Å². The summed E-state index contributed by atoms with van der Waals surface area (Å²) < 4.78 is 10.0. The first-order valence-corrected chi connectivity index (χ1v) is 6.33. The van der Waals surface area contributed by atoms with Gasteiger partial charge in [0.25, 0.3) is 11.6 Å². The van der Waals surface area contributed by atoms with Gasteiger partial charge >= 0.3 is 0 Å². The first kappa shape index (κ1) is 15.3. The van der Waals surface area contributed by atoms with Crippen molar-refractivity contribution in [3.63, 3.8) is 0 Å². The van der Waals surface area contributed by atoms with Crippen LogP contribution in [0, 0.1) is 10.1 Å². The molecule has 114 valence electrons. The summed E-state index contributed by atoms with van der Waals surface area (Å²) >= 11 is 0. The molecule has 7 heteroatoms. The fourth-order valence-electron chi connectivity index (χ4n) is 1.86. The molecule has 1 amide bonds. The van der Waals surface area contributed by atoms with Crippen LogP contribution in [0.25, 0.3) is 0 Å². The molecule has 2 aromatic carbocycles. The van der Waals surface area contributed by atoms with E-state index in [-0.39, 0.29) is 11.3 Å². The van der Waals surface area contributed by atoms with Crippen molar-refractivity contribution in [2.24, 2.45) is 0 Å². The number of amides is 1. The Balaban J connectivity index is 2.29. The zero-order valence-corrected chi connectivity index (χ0v) is 12.0. The quantitative estimate of drug-likeness (QED) is 0.677. The number of anilines is 1. The number of hydrogen-bond donors (Lipinski definition) is 1. The number of nitro benzene ring substituents is 1. The van der Waals surface area contributed by atoms with Crippen LogP contribution in [0.1, 0.15) is 10.4 Å². The lowest BCUT2D eigenvalue weighted by atomic mass is 10.1. The van der Waals surface area contributed by atoms with Gasteiger partial charge in [-0.1, -0.05) is 0 Å². The maximum Gasteiger partial charge on any atom is 0.282 e. The minimum Gasteiger partial charge on any atom is -0.497 e. The Morgan fingerprint density at radius 3 is 2.18 bits per heavy atom. The lowest BCUT2D eigenvalue weighted by Crippen LogP contribution is -2.14. The van der Waals surface area contributed by atoms with E-state index in [1.165, 1.54) is 32.4 Å². The molecule has 0 heterocycles. The maximum absolute atomic E-state index is 12.3. The number of nitrogens with one attached hydrogen (secondary N) is 1. The average molecular weight is 302 g/mol. The number of rotatable bonds is 5. The molecule has 0 aliphatic rings. The molecule has 22 heavy (non-hydrogen) atoms. The molecule has 0 bridgehead atoms. The lowest BCUT2D eigenvalue weighted by molar-refractivity contribution is -0.385. The molecule has 0 aliphatic carbocycles. The van der Waals surface area contributed by atoms with Crippen LogP contribution in [0.2, 0.25) is 0 Å². The highest BCUT2D eigenvalue weighted by atomic mass is 16.6. The molecule has 1 N–H and O–H groups in total. The lowest BCUT2D eigenvalue weighted by Gasteiger charge is -2.08. The van der Waals surface area contributed by atoms with Gasteiger partial charge in [-0.2, -0.15) is 0 Å². The molecule has 0 aromatic heterocycles. The van der Waals surface area contributed by atoms with E-state index in [1.807, 2.05) is 0 Å². The van der Waals surface area contributed by atoms with E-state index in [2.05, 4.69) is 5.32 Å². The Morgan fingerprint density at radius 1 is 1.05 bits per heavy atom. The number of carbonyl (C=O) groups is 1. The zero-order valence-electron chi connectivity index (χ0n) is 12.0. The molecule has 0 saturated carbocycles. The van der Waals surface area contributed by atoms with Crippen LogP contribution in [0.4, 0.5) is 11.4 Å². The first-order valence-electron chi connectivity index (χ1n) is 6.33. The SMILES string of the molecule is COc1ccc(NC(=O)c2cc(OC)ccc2[N+](=O)[O-])cc1. The third kappa shape index (κ3) is 3.32. The monoisotopic (exact) mass is 302 g/mol. The van der Waals surface area contributed by atoms with Crippen molar-refractivity contribution in [3.8, 4) is 11.5 Å². The number of carbonyl (C=O) groups excluding carboxylic acids is 1. The van der Waals surface area contributed by atoms with Crippen LogP contribution in [-0.2, 0) is 0 Å². The predicted molar refractivity (Wildman–Crippen MR) is 80.6 cm³/mol. The van der Waals surface area contributed by atoms with Gasteiger partial charge in [0.15, 0.2) is 0 Å². The second-order valence-electron chi connectivity index (χ2n) is 4.32. The smallest absolute Gasteiger partial charge is 0.282 e. The first-order chi connectivity index (χ1) is 10.5. The van der Waals surface area contributed by atoms with Gasteiger partial charge in [-0.15, -0.1) is 0 Å². The average Bonchev–Trinajstić information content (AvgIpc) is 2.54. The summed E-state index contributed by atoms with van der Waals surface area (Å²) in [7, 11) is 2.96. The Kier molecular flexibility index (Phi) is 4.57. The number of ether oxygens (including phenoxy) is 2. The van der Waals surface area contributed by atoms with Crippen molar-refractivity contribution in [2.45, 2.75) is 0 Å². The van der Waals surface area contributed by atoms with Crippen LogP contribution in [0.5, 0.6) is 11.5 Å². The summed E-state index contributed by atoms with van der Waals surface area (Å²) in [4.78, 5) is 22.7. The van der Waals surface area contributed by atoms with Gasteiger partial charge < -0.3 is 14.8 Å². The van der Waals surface area contributed by atoms with Crippen molar-refractivity contribution in [1.82, 2.24) is 0 Å². The summed E-state index contributed by atoms with van der Waals surface area (Å²) in [6.07, 6.45) is 0. The van der Waals surface area contributed by atoms with E-state index in [0.29, 0.717) is 17.2 Å². The number of nitrogens with zero attached hydrogens (tertiary/aromatic N) is 1. The van der Waals surface area contributed by atoms with Crippen LogP contribution in [-0.4, -0.2) is 25.1 Å². The molecule has 2 rings (SSSR count). The van der Waals surface area contributed by atoms with Gasteiger partial charge in [0.05, 0.1) is 19.1 Å². The van der Waals surface area contributed by atoms with Crippen molar-refractivity contribution < 1.29 is 19.2 Å². The van der Waals surface area contributed by atoms with Crippen LogP contribution >= 0.6 is 0 Å². The fourth-order valence-corrected chi connectivity index (χ4v) is 1.86. The molecule has 0 atom stereocenters. The van der Waals surface area contributed by atoms with E-state index in [4.69, 9.17) is 9.47 Å². The topological polar surface area (TPSA) is 90.7 Å². The minimum atomic E-state index is -0.609. The summed E-state index contributed by atoms with van der Waals surface area (Å²) in [5.74, 6) is 0.423. The van der Waals surface area contributed by atoms with E-state index in [0.717, 1.165) is 0 Å². The van der Waals surface area contributed by atoms with Gasteiger partial charge in [0.2, 0.25) is 0 Å². The van der Waals surface area contributed by atoms with Gasteiger partial charge in [-0.25, -0.2) is 0 Å². The highest BCUT2D eigenvalue weighted by Gasteiger charge is 2.21. The Morgan fingerprint density at radius 2 is 1.64 bits per heavy atom. The van der Waals surface area contributed by atoms with Crippen molar-refractivity contribution in [3.05, 3.63) is 58.1 Å². The van der Waals surface area contributed by atoms with Crippen molar-refractivity contribution >= 4 is 17.3 Å². The van der Waals surface area contributed by atoms with E-state index >= 15 is 0 Å². The summed E-state index contributed by atoms with van der Waals surface area (Å²) in [6.45, 7) is 0. The normalized spacial score (nSPS) is 9.91. The number of benzene rings is 2. The molecule has 0 spiro atoms. The van der Waals surface area contributed by atoms with E-state index < -0.39 is 10.8 Å². The summed E-state index contributed by atoms with van der Waals surface area (Å²) in [6, 6.07) is 10.6. The van der Waals surface area contributed by atoms with Crippen LogP contribution in [0.15, 0.2) is 42.5 Å². The van der Waals surface area contributed by atoms with Gasteiger partial charge in [0.1, 0.15) is 17.1 Å². The molecule has 7 nitrogen and oxygen atoms in total. The predicted octanol–water partition coefficient (Wildman–Crippen LogP) is 2.86. The van der Waals surface area contributed by atoms with E-state index in [1.54, 1.807) is 24.3 Å². The molecule has 0 aliphatic heterocycles. The maximum atomic E-state index is 12.3. The Hall–Kier alpha value is -3.09. The number of methoxy groups -OCH3 is 2. The molecule has 0 unspecified atom stereocenters. The van der Waals surface area contributed by atoms with Crippen LogP contribution < -0.4 is 14.8 Å². The highest BCUT2D eigenvalue weighted by molar-refractivity contribution is 6.07. The molecular weight excluding hydrogens is 288 g/mol. The zero-order chi connectivity index (χ0) is 16.1. The number of hydrogen-bond acceptors (Lipinski definition) is 5. The second-order valence-corrected chi connectivity index (χ2v) is 4.32. The minimum absolute atomic E-state index is 0.0693. The van der Waals surface area contributed by atoms with Crippen LogP contribution in [0.3, 0.4) is 0 Å². The molecule has 2 aromatic rings. The van der Waals surface area contributed by atoms with Gasteiger partial charge in [-0.3, -0.25) is 14.9 Å². The molecule has 0 radical (unpaired) electrons. The highest BCUT2D eigenvalue weighted by Crippen LogP contribution is 2.25. The fraction of sp³-hybridized carbons (Fsp3) is 0.133. The molecule has 0 fully saturated rings. The van der Waals surface area contributed by atoms with Crippen molar-refractivity contribution in [1.29, 1.82) is 0 Å². The Bertz CT molecular complexity index is 698. The largest absolute Gasteiger partial charge is 0.497 e. The summed E-state index contributed by atoms with van der Waals surface area (Å²) in [5, 5.41) is 13.6. The summed E-state index contributed by atoms with van der Waals surface area (Å²) in [5.41, 5.74) is 0.148. The third-order valence-electron chi connectivity index (χ3n) is 2.99.